The van der Waals surface area contributed by atoms with Crippen LogP contribution < -0.4 is 16.4 Å². The average molecular weight is 109 g/mol. The Hall–Kier alpha value is -0.260. The van der Waals surface area contributed by atoms with Crippen molar-refractivity contribution in [2.75, 3.05) is 0 Å². The molecule has 1 aliphatic heterocycles. The minimum Gasteiger partial charge on any atom is -0.224 e. The first-order valence-corrected chi connectivity index (χ1v) is 1.85. The van der Waals surface area contributed by atoms with E-state index >= 15 is 0 Å². The summed E-state index contributed by atoms with van der Waals surface area (Å²) in [5.74, 6) is 0. The normalized spacial score (nSPS) is 42.0. The van der Waals surface area contributed by atoms with Gasteiger partial charge in [0.2, 0.25) is 12.6 Å². The van der Waals surface area contributed by atoms with E-state index in [1.807, 2.05) is 10.9 Å². The summed E-state index contributed by atoms with van der Waals surface area (Å²) in [4.78, 5) is 0. The average Bonchev–Trinajstić information content (AvgIpc) is 1.91. The lowest BCUT2D eigenvalue weighted by atomic mass is 10.6. The number of hydrogen-bond acceptors (Lipinski definition) is 3. The Morgan fingerprint density at radius 3 is 1.57 bits per heavy atom. The molecule has 1 heterocycles. The fourth-order valence-electron chi connectivity index (χ4n) is 0.326. The third kappa shape index (κ3) is 0.846. The first kappa shape index (κ1) is 4.89. The van der Waals surface area contributed by atoms with Gasteiger partial charge in [-0.15, -0.1) is 0 Å². The molecule has 1 saturated heterocycles. The highest BCUT2D eigenvalue weighted by atomic mass is 19.2. The Bertz CT molecular complexity index is 60.0. The fraction of sp³-hybridized carbons (Fsp3) is 1.00. The van der Waals surface area contributed by atoms with Gasteiger partial charge in [0.1, 0.15) is 0 Å². The van der Waals surface area contributed by atoms with Crippen LogP contribution in [0.4, 0.5) is 8.78 Å². The molecule has 0 amide bonds. The van der Waals surface area contributed by atoms with Gasteiger partial charge in [-0.25, -0.2) is 19.6 Å². The Kier molecular flexibility index (Phi) is 1.18. The molecule has 0 bridgehead atoms. The molecular weight excluding hydrogens is 104 g/mol. The maximum atomic E-state index is 11.7. The lowest BCUT2D eigenvalue weighted by molar-refractivity contribution is 0.169. The van der Waals surface area contributed by atoms with E-state index in [0.717, 1.165) is 0 Å². The van der Waals surface area contributed by atoms with Gasteiger partial charge in [-0.05, 0) is 0 Å². The number of alkyl halides is 2. The topological polar surface area (TPSA) is 36.1 Å². The van der Waals surface area contributed by atoms with E-state index in [4.69, 9.17) is 0 Å². The molecule has 1 rings (SSSR count). The summed E-state index contributed by atoms with van der Waals surface area (Å²) < 4.78 is 23.4. The second-order valence-electron chi connectivity index (χ2n) is 1.22. The summed E-state index contributed by atoms with van der Waals surface area (Å²) in [6, 6.07) is 0. The molecule has 42 valence electrons. The van der Waals surface area contributed by atoms with E-state index in [0.29, 0.717) is 0 Å². The van der Waals surface area contributed by atoms with Crippen LogP contribution >= 0.6 is 0 Å². The molecule has 2 atom stereocenters. The number of hydrazine groups is 2. The second-order valence-corrected chi connectivity index (χ2v) is 1.22. The lowest BCUT2D eigenvalue weighted by Gasteiger charge is -1.95. The molecule has 7 heavy (non-hydrogen) atoms. The van der Waals surface area contributed by atoms with Crippen LogP contribution in [0.15, 0.2) is 0 Å². The highest BCUT2D eigenvalue weighted by molar-refractivity contribution is 4.63. The first-order chi connectivity index (χ1) is 3.30. The predicted octanol–water partition coefficient (Wildman–Crippen LogP) is -0.810. The number of nitrogens with one attached hydrogen (secondary N) is 3. The summed E-state index contributed by atoms with van der Waals surface area (Å²) in [5, 5.41) is 0. The first-order valence-electron chi connectivity index (χ1n) is 1.85. The van der Waals surface area contributed by atoms with Gasteiger partial charge in [0.25, 0.3) is 0 Å². The number of rotatable bonds is 0. The van der Waals surface area contributed by atoms with Crippen LogP contribution in [0.1, 0.15) is 0 Å². The molecule has 0 radical (unpaired) electrons. The maximum absolute atomic E-state index is 11.7. The number of hydrogen-bond donors (Lipinski definition) is 3. The minimum atomic E-state index is -1.63. The largest absolute Gasteiger partial charge is 0.224 e. The summed E-state index contributed by atoms with van der Waals surface area (Å²) >= 11 is 0. The van der Waals surface area contributed by atoms with Crippen molar-refractivity contribution in [1.29, 1.82) is 0 Å². The molecule has 3 N–H and O–H groups in total. The van der Waals surface area contributed by atoms with Crippen molar-refractivity contribution in [2.45, 2.75) is 12.6 Å². The lowest BCUT2D eigenvalue weighted by Crippen LogP contribution is -2.32. The van der Waals surface area contributed by atoms with Crippen LogP contribution in [0.25, 0.3) is 0 Å². The number of halogens is 2. The van der Waals surface area contributed by atoms with E-state index in [1.54, 1.807) is 0 Å². The molecule has 2 unspecified atom stereocenters. The van der Waals surface area contributed by atoms with Gasteiger partial charge < -0.3 is 0 Å². The molecule has 0 aromatic heterocycles. The third-order valence-corrected chi connectivity index (χ3v) is 0.677. The van der Waals surface area contributed by atoms with Gasteiger partial charge in [-0.2, -0.15) is 5.53 Å². The molecule has 0 spiro atoms. The van der Waals surface area contributed by atoms with E-state index < -0.39 is 12.6 Å². The van der Waals surface area contributed by atoms with Crippen molar-refractivity contribution in [3.05, 3.63) is 0 Å². The summed E-state index contributed by atoms with van der Waals surface area (Å²) in [5.41, 5.74) is 6.00. The summed E-state index contributed by atoms with van der Waals surface area (Å²) in [6.07, 6.45) is -3.25. The Balaban J connectivity index is 2.33. The second kappa shape index (κ2) is 1.69. The van der Waals surface area contributed by atoms with Gasteiger partial charge in [0, 0.05) is 0 Å². The Morgan fingerprint density at radius 2 is 1.43 bits per heavy atom. The zero-order valence-corrected chi connectivity index (χ0v) is 3.41. The van der Waals surface area contributed by atoms with Crippen molar-refractivity contribution in [3.8, 4) is 0 Å². The molecule has 1 fully saturated rings. The Labute approximate surface area is 39.0 Å². The highest BCUT2D eigenvalue weighted by Crippen LogP contribution is 1.97. The van der Waals surface area contributed by atoms with Crippen molar-refractivity contribution >= 4 is 0 Å². The van der Waals surface area contributed by atoms with Crippen molar-refractivity contribution < 1.29 is 8.78 Å². The maximum Gasteiger partial charge on any atom is 0.210 e. The van der Waals surface area contributed by atoms with Crippen LogP contribution in [0.3, 0.4) is 0 Å². The highest BCUT2D eigenvalue weighted by Gasteiger charge is 2.24. The van der Waals surface area contributed by atoms with Crippen molar-refractivity contribution in [3.63, 3.8) is 0 Å². The van der Waals surface area contributed by atoms with Crippen molar-refractivity contribution in [2.24, 2.45) is 0 Å². The van der Waals surface area contributed by atoms with Gasteiger partial charge >= 0.3 is 0 Å². The molecule has 0 aromatic rings. The van der Waals surface area contributed by atoms with Gasteiger partial charge in [0.15, 0.2) is 0 Å². The molecule has 0 aliphatic carbocycles. The van der Waals surface area contributed by atoms with Gasteiger partial charge in [-0.3, -0.25) is 0 Å². The van der Waals surface area contributed by atoms with Crippen molar-refractivity contribution in [1.82, 2.24) is 16.4 Å². The Morgan fingerprint density at radius 1 is 1.00 bits per heavy atom. The zero-order chi connectivity index (χ0) is 5.28. The fourth-order valence-corrected chi connectivity index (χ4v) is 0.326. The molecule has 1 aliphatic rings. The quantitative estimate of drug-likeness (QED) is 0.356. The summed E-state index contributed by atoms with van der Waals surface area (Å²) in [6.45, 7) is 0. The van der Waals surface area contributed by atoms with Crippen LogP contribution in [-0.4, -0.2) is 12.6 Å². The van der Waals surface area contributed by atoms with E-state index in [1.165, 1.54) is 0 Å². The van der Waals surface area contributed by atoms with Crippen LogP contribution in [-0.2, 0) is 0 Å². The van der Waals surface area contributed by atoms with Gasteiger partial charge in [-0.1, -0.05) is 0 Å². The molecule has 3 nitrogen and oxygen atoms in total. The molecular formula is C2H5F2N3. The SMILES string of the molecule is FC1NNNC1F. The van der Waals surface area contributed by atoms with Crippen LogP contribution in [0.2, 0.25) is 0 Å². The van der Waals surface area contributed by atoms with E-state index in [2.05, 4.69) is 5.53 Å². The molecule has 0 saturated carbocycles. The van der Waals surface area contributed by atoms with E-state index in [-0.39, 0.29) is 0 Å². The summed E-state index contributed by atoms with van der Waals surface area (Å²) in [7, 11) is 0. The monoisotopic (exact) mass is 109 g/mol. The predicted molar refractivity (Wildman–Crippen MR) is 19.2 cm³/mol. The molecule has 5 heteroatoms. The van der Waals surface area contributed by atoms with Gasteiger partial charge in [0.05, 0.1) is 0 Å². The van der Waals surface area contributed by atoms with Crippen LogP contribution in [0.5, 0.6) is 0 Å². The standard InChI is InChI=1S/C2H5F2N3/c3-1-2(4)6-7-5-1/h1-2,5-7H. The molecule has 0 aromatic carbocycles. The third-order valence-electron chi connectivity index (χ3n) is 0.677. The zero-order valence-electron chi connectivity index (χ0n) is 3.41. The van der Waals surface area contributed by atoms with E-state index in [9.17, 15) is 8.78 Å². The van der Waals surface area contributed by atoms with Crippen LogP contribution in [0, 0.1) is 0 Å². The minimum absolute atomic E-state index is 1.63. The smallest absolute Gasteiger partial charge is 0.210 e.